The summed E-state index contributed by atoms with van der Waals surface area (Å²) in [5.74, 6) is 0.814. The summed E-state index contributed by atoms with van der Waals surface area (Å²) >= 11 is 1.30. The largest absolute Gasteiger partial charge is 0.325 e. The number of H-pyrrole nitrogens is 1. The van der Waals surface area contributed by atoms with Gasteiger partial charge in [0, 0.05) is 17.1 Å². The van der Waals surface area contributed by atoms with Crippen LogP contribution in [-0.4, -0.2) is 31.8 Å². The van der Waals surface area contributed by atoms with E-state index in [9.17, 15) is 4.79 Å². The Morgan fingerprint density at radius 1 is 1.11 bits per heavy atom. The molecule has 0 unspecified atom stereocenters. The first-order chi connectivity index (χ1) is 13.7. The molecule has 0 radical (unpaired) electrons. The number of rotatable bonds is 6. The molecular formula is C21H19N5OS. The number of aromatic nitrogens is 4. The molecule has 28 heavy (non-hydrogen) atoms. The Kier molecular flexibility index (Phi) is 5.34. The number of aromatic amines is 1. The zero-order valence-electron chi connectivity index (χ0n) is 15.3. The van der Waals surface area contributed by atoms with Crippen molar-refractivity contribution in [2.75, 3.05) is 11.1 Å². The van der Waals surface area contributed by atoms with E-state index in [-0.39, 0.29) is 11.7 Å². The van der Waals surface area contributed by atoms with E-state index in [0.29, 0.717) is 11.0 Å². The maximum absolute atomic E-state index is 12.4. The van der Waals surface area contributed by atoms with Crippen molar-refractivity contribution in [2.45, 2.75) is 18.5 Å². The number of hydrogen-bond acceptors (Lipinski definition) is 5. The lowest BCUT2D eigenvalue weighted by molar-refractivity contribution is -0.113. The van der Waals surface area contributed by atoms with Gasteiger partial charge in [-0.25, -0.2) is 4.98 Å². The fourth-order valence-corrected chi connectivity index (χ4v) is 3.47. The van der Waals surface area contributed by atoms with Gasteiger partial charge in [0.05, 0.1) is 17.0 Å². The van der Waals surface area contributed by atoms with Gasteiger partial charge in [0.25, 0.3) is 0 Å². The first-order valence-corrected chi connectivity index (χ1v) is 9.99. The minimum absolute atomic E-state index is 0.111. The van der Waals surface area contributed by atoms with Crippen molar-refractivity contribution in [2.24, 2.45) is 0 Å². The van der Waals surface area contributed by atoms with E-state index < -0.39 is 0 Å². The summed E-state index contributed by atoms with van der Waals surface area (Å²) in [6.45, 7) is 2.12. The highest BCUT2D eigenvalue weighted by Gasteiger charge is 2.10. The number of amides is 1. The zero-order valence-corrected chi connectivity index (χ0v) is 16.2. The number of thioether (sulfide) groups is 1. The molecule has 2 N–H and O–H groups in total. The van der Waals surface area contributed by atoms with Crippen LogP contribution < -0.4 is 5.32 Å². The number of carbonyl (C=O) groups is 1. The summed E-state index contributed by atoms with van der Waals surface area (Å²) < 4.78 is 0. The molecular weight excluding hydrogens is 370 g/mol. The van der Waals surface area contributed by atoms with Crippen molar-refractivity contribution in [1.29, 1.82) is 0 Å². The molecule has 140 valence electrons. The number of benzene rings is 2. The summed E-state index contributed by atoms with van der Waals surface area (Å²) in [6.07, 6.45) is 2.74. The molecule has 0 fully saturated rings. The number of carbonyl (C=O) groups excluding carboxylic acids is 1. The fourth-order valence-electron chi connectivity index (χ4n) is 2.87. The second kappa shape index (κ2) is 8.22. The second-order valence-electron chi connectivity index (χ2n) is 6.23. The molecule has 0 spiro atoms. The van der Waals surface area contributed by atoms with Crippen LogP contribution in [-0.2, 0) is 11.2 Å². The van der Waals surface area contributed by atoms with Gasteiger partial charge in [-0.05, 0) is 36.2 Å². The molecule has 0 saturated carbocycles. The number of anilines is 1. The summed E-state index contributed by atoms with van der Waals surface area (Å²) in [7, 11) is 0. The van der Waals surface area contributed by atoms with Gasteiger partial charge >= 0.3 is 0 Å². The minimum atomic E-state index is -0.111. The normalized spacial score (nSPS) is 10.9. The summed E-state index contributed by atoms with van der Waals surface area (Å²) in [5, 5.41) is 11.5. The molecule has 2 aromatic carbocycles. The molecule has 0 atom stereocenters. The lowest BCUT2D eigenvalue weighted by Gasteiger charge is -2.07. The van der Waals surface area contributed by atoms with Gasteiger partial charge in [0.1, 0.15) is 0 Å². The van der Waals surface area contributed by atoms with Crippen LogP contribution in [0.4, 0.5) is 5.69 Å². The minimum Gasteiger partial charge on any atom is -0.325 e. The lowest BCUT2D eigenvalue weighted by Crippen LogP contribution is -2.14. The van der Waals surface area contributed by atoms with Crippen LogP contribution in [0, 0.1) is 0 Å². The van der Waals surface area contributed by atoms with Crippen molar-refractivity contribution in [1.82, 2.24) is 20.2 Å². The number of pyridine rings is 1. The van der Waals surface area contributed by atoms with E-state index in [4.69, 9.17) is 0 Å². The van der Waals surface area contributed by atoms with E-state index in [2.05, 4.69) is 44.5 Å². The van der Waals surface area contributed by atoms with Gasteiger partial charge in [-0.15, -0.1) is 5.10 Å². The standard InChI is InChI=1S/C21H19N5OS/c1-2-14-8-10-15(11-9-14)20-24-21(26-25-20)28-13-19(27)23-18-7-3-6-17-16(18)5-4-12-22-17/h3-12H,2,13H2,1H3,(H,23,27)(H,24,25,26). The van der Waals surface area contributed by atoms with Crippen molar-refractivity contribution in [3.8, 4) is 11.4 Å². The highest BCUT2D eigenvalue weighted by molar-refractivity contribution is 7.99. The average molecular weight is 389 g/mol. The Morgan fingerprint density at radius 2 is 1.96 bits per heavy atom. The Labute approximate surface area is 166 Å². The first-order valence-electron chi connectivity index (χ1n) is 9.01. The number of aryl methyl sites for hydroxylation is 1. The Morgan fingerprint density at radius 3 is 2.79 bits per heavy atom. The smallest absolute Gasteiger partial charge is 0.234 e. The zero-order chi connectivity index (χ0) is 19.3. The van der Waals surface area contributed by atoms with Crippen LogP contribution in [0.15, 0.2) is 66.0 Å². The van der Waals surface area contributed by atoms with Crippen LogP contribution in [0.25, 0.3) is 22.3 Å². The maximum atomic E-state index is 12.4. The molecule has 0 aliphatic carbocycles. The molecule has 2 aromatic heterocycles. The number of fused-ring (bicyclic) bond motifs is 1. The molecule has 0 saturated heterocycles. The van der Waals surface area contributed by atoms with E-state index in [1.165, 1.54) is 17.3 Å². The Bertz CT molecular complexity index is 1100. The summed E-state index contributed by atoms with van der Waals surface area (Å²) in [5.41, 5.74) is 3.85. The van der Waals surface area contributed by atoms with Crippen molar-refractivity contribution >= 4 is 34.3 Å². The van der Waals surface area contributed by atoms with E-state index in [1.807, 2.05) is 42.5 Å². The third-order valence-corrected chi connectivity index (χ3v) is 5.20. The highest BCUT2D eigenvalue weighted by atomic mass is 32.2. The van der Waals surface area contributed by atoms with Crippen molar-refractivity contribution < 1.29 is 4.79 Å². The summed E-state index contributed by atoms with van der Waals surface area (Å²) in [6, 6.07) is 17.7. The molecule has 1 amide bonds. The Hall–Kier alpha value is -3.19. The van der Waals surface area contributed by atoms with E-state index in [1.54, 1.807) is 6.20 Å². The third kappa shape index (κ3) is 4.04. The quantitative estimate of drug-likeness (QED) is 0.480. The van der Waals surface area contributed by atoms with Crippen LogP contribution in [0.5, 0.6) is 0 Å². The molecule has 4 aromatic rings. The molecule has 6 nitrogen and oxygen atoms in total. The predicted molar refractivity (Wildman–Crippen MR) is 112 cm³/mol. The fraction of sp³-hybridized carbons (Fsp3) is 0.143. The highest BCUT2D eigenvalue weighted by Crippen LogP contribution is 2.23. The number of nitrogens with zero attached hydrogens (tertiary/aromatic N) is 3. The Balaban J connectivity index is 1.39. The second-order valence-corrected chi connectivity index (χ2v) is 7.17. The van der Waals surface area contributed by atoms with Gasteiger partial charge in [0.15, 0.2) is 5.82 Å². The predicted octanol–water partition coefficient (Wildman–Crippen LogP) is 4.31. The molecule has 0 aliphatic rings. The van der Waals surface area contributed by atoms with Gasteiger partial charge in [-0.1, -0.05) is 49.0 Å². The van der Waals surface area contributed by atoms with Gasteiger partial charge in [-0.3, -0.25) is 14.9 Å². The van der Waals surface area contributed by atoms with Crippen LogP contribution in [0.1, 0.15) is 12.5 Å². The van der Waals surface area contributed by atoms with Gasteiger partial charge in [0.2, 0.25) is 11.1 Å². The van der Waals surface area contributed by atoms with Gasteiger partial charge < -0.3 is 5.32 Å². The molecule has 7 heteroatoms. The molecule has 2 heterocycles. The number of nitrogens with one attached hydrogen (secondary N) is 2. The topological polar surface area (TPSA) is 83.6 Å². The average Bonchev–Trinajstić information content (AvgIpc) is 3.22. The summed E-state index contributed by atoms with van der Waals surface area (Å²) in [4.78, 5) is 21.1. The van der Waals surface area contributed by atoms with E-state index in [0.717, 1.165) is 28.6 Å². The van der Waals surface area contributed by atoms with Crippen LogP contribution >= 0.6 is 11.8 Å². The van der Waals surface area contributed by atoms with Crippen molar-refractivity contribution in [3.63, 3.8) is 0 Å². The first kappa shape index (κ1) is 18.2. The van der Waals surface area contributed by atoms with Gasteiger partial charge in [-0.2, -0.15) is 0 Å². The molecule has 0 bridgehead atoms. The van der Waals surface area contributed by atoms with Crippen molar-refractivity contribution in [3.05, 3.63) is 66.4 Å². The lowest BCUT2D eigenvalue weighted by atomic mass is 10.1. The van der Waals surface area contributed by atoms with Crippen LogP contribution in [0.3, 0.4) is 0 Å². The molecule has 4 rings (SSSR count). The number of hydrogen-bond donors (Lipinski definition) is 2. The SMILES string of the molecule is CCc1ccc(-c2nc(SCC(=O)Nc3cccc4ncccc34)n[nH]2)cc1. The molecule has 0 aliphatic heterocycles. The maximum Gasteiger partial charge on any atom is 0.234 e. The van der Waals surface area contributed by atoms with Crippen LogP contribution in [0.2, 0.25) is 0 Å². The third-order valence-electron chi connectivity index (χ3n) is 4.35. The monoisotopic (exact) mass is 389 g/mol. The van der Waals surface area contributed by atoms with E-state index >= 15 is 0 Å².